The number of hydrogen-bond donors (Lipinski definition) is 0. The molecule has 0 fully saturated rings. The molecule has 5 nitrogen and oxygen atoms in total. The predicted molar refractivity (Wildman–Crippen MR) is 275 cm³/mol. The summed E-state index contributed by atoms with van der Waals surface area (Å²) in [5, 5.41) is 1.99. The Kier molecular flexibility index (Phi) is 12.7. The van der Waals surface area contributed by atoms with Crippen molar-refractivity contribution >= 4 is 50.8 Å². The van der Waals surface area contributed by atoms with Gasteiger partial charge in [-0.15, -0.1) is 18.2 Å². The maximum atomic E-state index is 8.70. The van der Waals surface area contributed by atoms with Crippen molar-refractivity contribution < 1.29 is 27.3 Å². The van der Waals surface area contributed by atoms with Crippen molar-refractivity contribution in [1.82, 2.24) is 19.5 Å². The minimum absolute atomic E-state index is 0. The number of fused-ring (bicyclic) bond motifs is 4. The smallest absolute Gasteiger partial charge is 0 e. The van der Waals surface area contributed by atoms with Gasteiger partial charge in [0.15, 0.2) is 0 Å². The number of pyridine rings is 2. The molecule has 10 rings (SSSR count). The molecule has 4 heterocycles. The maximum absolute atomic E-state index is 8.70. The first-order chi connectivity index (χ1) is 32.0. The fourth-order valence-electron chi connectivity index (χ4n) is 8.42. The number of para-hydroxylation sites is 2. The monoisotopic (exact) mass is 1110 g/mol. The third-order valence-corrected chi connectivity index (χ3v) is 16.0. The number of benzene rings is 6. The molecule has 6 aromatic carbocycles. The van der Waals surface area contributed by atoms with E-state index in [1.807, 2.05) is 75.5 Å². The summed E-state index contributed by atoms with van der Waals surface area (Å²) < 4.78 is 27.2. The van der Waals surface area contributed by atoms with Crippen LogP contribution in [0.1, 0.15) is 54.2 Å². The molecule has 0 aliphatic carbocycles. The van der Waals surface area contributed by atoms with Crippen LogP contribution < -0.4 is 4.40 Å². The largest absolute Gasteiger partial charge is 0 e. The number of imidazole rings is 1. The first-order valence-corrected chi connectivity index (χ1v) is 29.8. The van der Waals surface area contributed by atoms with E-state index in [-0.39, 0.29) is 31.4 Å². The van der Waals surface area contributed by atoms with E-state index in [0.29, 0.717) is 5.71 Å². The molecule has 4 aromatic heterocycles. The zero-order valence-corrected chi connectivity index (χ0v) is 43.6. The van der Waals surface area contributed by atoms with Crippen LogP contribution in [0.15, 0.2) is 162 Å². The van der Waals surface area contributed by atoms with Crippen molar-refractivity contribution in [2.24, 2.45) is 5.92 Å². The van der Waals surface area contributed by atoms with Crippen LogP contribution in [0.25, 0.3) is 83.7 Å². The summed E-state index contributed by atoms with van der Waals surface area (Å²) in [6.07, 6.45) is 0.565. The molecule has 1 radical (unpaired) electrons. The zero-order valence-electron chi connectivity index (χ0n) is 41.1. The van der Waals surface area contributed by atoms with Crippen LogP contribution in [-0.2, 0) is 31.9 Å². The molecular formula is C59H56GeIrN4O-2. The van der Waals surface area contributed by atoms with Crippen LogP contribution in [0, 0.1) is 25.0 Å². The van der Waals surface area contributed by atoms with Crippen molar-refractivity contribution in [1.29, 1.82) is 0 Å². The van der Waals surface area contributed by atoms with Gasteiger partial charge in [-0.2, -0.15) is 0 Å². The molecule has 10 aromatic rings. The van der Waals surface area contributed by atoms with Gasteiger partial charge in [0.2, 0.25) is 5.71 Å². The predicted octanol–water partition coefficient (Wildman–Crippen LogP) is 15.0. The van der Waals surface area contributed by atoms with E-state index in [4.69, 9.17) is 17.1 Å². The Hall–Kier alpha value is -5.92. The van der Waals surface area contributed by atoms with Gasteiger partial charge in [-0.3, -0.25) is 4.98 Å². The minimum atomic E-state index is -2.25. The normalized spacial score (nSPS) is 12.5. The van der Waals surface area contributed by atoms with E-state index in [1.165, 1.54) is 5.56 Å². The maximum Gasteiger partial charge on any atom is 0 e. The van der Waals surface area contributed by atoms with Gasteiger partial charge in [0.05, 0.1) is 22.4 Å². The van der Waals surface area contributed by atoms with E-state index >= 15 is 0 Å². The molecule has 0 aliphatic rings. The second-order valence-electron chi connectivity index (χ2n) is 19.1. The first kappa shape index (κ1) is 43.9. The molecule has 0 N–H and O–H groups in total. The van der Waals surface area contributed by atoms with Gasteiger partial charge in [0.25, 0.3) is 0 Å². The number of aromatic nitrogens is 4. The quantitative estimate of drug-likeness (QED) is 0.112. The second kappa shape index (κ2) is 19.1. The summed E-state index contributed by atoms with van der Waals surface area (Å²) in [4.78, 5) is 14.6. The molecule has 0 saturated carbocycles. The summed E-state index contributed by atoms with van der Waals surface area (Å²) in [6, 6.07) is 58.9. The SMILES string of the molecule is Cc1ccc2c(n1)oc1c(-c3nc4ccccc4n3-c3cc(-c4ccccc4)ccc3-c3ccccc3)[c-]ccc12.[2H]C([2H])(c1cc(-c2[c-]ccc(C(C)(C)C)c2)nc[c]1[Ge]([CH3])([CH3])[CH3])C(C)C.[Ir]. The van der Waals surface area contributed by atoms with Gasteiger partial charge < -0.3 is 8.98 Å². The molecular weight excluding hydrogens is 1050 g/mol. The number of rotatable bonds is 8. The number of furan rings is 1. The van der Waals surface area contributed by atoms with Gasteiger partial charge in [-0.25, -0.2) is 4.98 Å². The van der Waals surface area contributed by atoms with Gasteiger partial charge in [-0.05, 0) is 53.9 Å². The summed E-state index contributed by atoms with van der Waals surface area (Å²) in [6.45, 7) is 12.5. The Labute approximate surface area is 408 Å². The molecule has 0 unspecified atom stereocenters. The second-order valence-corrected chi connectivity index (χ2v) is 29.7. The van der Waals surface area contributed by atoms with Crippen LogP contribution in [-0.4, -0.2) is 32.8 Å². The first-order valence-electron chi connectivity index (χ1n) is 23.5. The third-order valence-electron chi connectivity index (χ3n) is 11.8. The Bertz CT molecular complexity index is 3400. The Morgan fingerprint density at radius 2 is 1.42 bits per heavy atom. The van der Waals surface area contributed by atoms with Crippen molar-refractivity contribution in [3.63, 3.8) is 0 Å². The van der Waals surface area contributed by atoms with E-state index in [1.54, 1.807) is 0 Å². The van der Waals surface area contributed by atoms with Crippen molar-refractivity contribution in [2.45, 2.75) is 70.6 Å². The van der Waals surface area contributed by atoms with Gasteiger partial charge in [0, 0.05) is 42.4 Å². The Morgan fingerprint density at radius 3 is 2.14 bits per heavy atom. The standard InChI is InChI=1S/C37H24N3O.C22H32GeN.Ir/c1-24-19-21-30-29-15-10-16-31(35(29)41-37(30)38-24)36-39-32-17-8-9-18-33(32)40(36)34-23-27(25-11-4-2-5-12-25)20-22-28(34)26-13-6-3-7-14-26;1-16(2)12-18-14-21(24-15-20(18)23(6,7)8)17-10-9-11-19(13-17)22(3,4)5;/h2-15,17-23H,1H3;9,11,13-16H,12H2,1-8H3;/q2*-1;/i;12D2;. The molecule has 333 valence electrons. The summed E-state index contributed by atoms with van der Waals surface area (Å²) in [5.41, 5.74) is 14.4. The molecule has 0 amide bonds. The fraction of sp³-hybridized carbons (Fsp3) is 0.203. The van der Waals surface area contributed by atoms with Gasteiger partial charge >= 0.3 is 154 Å². The number of hydrogen-bond acceptors (Lipinski definition) is 4. The van der Waals surface area contributed by atoms with Crippen LogP contribution in [0.2, 0.25) is 17.3 Å². The summed E-state index contributed by atoms with van der Waals surface area (Å²) in [5.74, 6) is 7.57. The average molecular weight is 1100 g/mol. The topological polar surface area (TPSA) is 56.7 Å². The van der Waals surface area contributed by atoms with Crippen molar-refractivity contribution in [3.8, 4) is 50.6 Å². The van der Waals surface area contributed by atoms with E-state index in [9.17, 15) is 0 Å². The van der Waals surface area contributed by atoms with E-state index in [2.05, 4.69) is 163 Å². The van der Waals surface area contributed by atoms with Crippen LogP contribution in [0.4, 0.5) is 0 Å². The van der Waals surface area contributed by atoms with Crippen LogP contribution in [0.3, 0.4) is 0 Å². The van der Waals surface area contributed by atoms with Crippen molar-refractivity contribution in [2.75, 3.05) is 0 Å². The fourth-order valence-corrected chi connectivity index (χ4v) is 11.4. The van der Waals surface area contributed by atoms with Gasteiger partial charge in [0.1, 0.15) is 0 Å². The summed E-state index contributed by atoms with van der Waals surface area (Å²) in [7, 11) is 0. The molecule has 0 spiro atoms. The minimum Gasteiger partial charge on any atom is 0 e. The number of aryl methyl sites for hydroxylation is 1. The Morgan fingerprint density at radius 1 is 0.727 bits per heavy atom. The number of nitrogens with zero attached hydrogens (tertiary/aromatic N) is 4. The Balaban J connectivity index is 0.000000202. The molecule has 66 heavy (non-hydrogen) atoms. The van der Waals surface area contributed by atoms with Crippen molar-refractivity contribution in [3.05, 3.63) is 187 Å². The molecule has 0 saturated heterocycles. The van der Waals surface area contributed by atoms with Crippen LogP contribution in [0.5, 0.6) is 0 Å². The molecule has 7 heteroatoms. The van der Waals surface area contributed by atoms with E-state index in [0.717, 1.165) is 93.6 Å². The molecule has 0 aliphatic heterocycles. The summed E-state index contributed by atoms with van der Waals surface area (Å²) >= 11 is -2.25. The van der Waals surface area contributed by atoms with Gasteiger partial charge in [-0.1, -0.05) is 95.9 Å². The molecule has 0 bridgehead atoms. The zero-order chi connectivity index (χ0) is 47.3. The third kappa shape index (κ3) is 9.64. The van der Waals surface area contributed by atoms with E-state index < -0.39 is 19.6 Å². The van der Waals surface area contributed by atoms with Crippen LogP contribution >= 0.6 is 0 Å². The average Bonchev–Trinajstić information content (AvgIpc) is 3.90. The molecule has 0 atom stereocenters.